The molecule has 0 saturated heterocycles. The second-order valence-electron chi connectivity index (χ2n) is 26.2. The highest BCUT2D eigenvalue weighted by atomic mass is 32.1. The highest BCUT2D eigenvalue weighted by Gasteiger charge is 2.45. The van der Waals surface area contributed by atoms with E-state index in [0.29, 0.717) is 0 Å². The molecule has 15 aromatic carbocycles. The van der Waals surface area contributed by atoms with Crippen LogP contribution in [0.25, 0.3) is 84.9 Å². The average molecular weight is 1280 g/mol. The van der Waals surface area contributed by atoms with Gasteiger partial charge in [-0.1, -0.05) is 231 Å². The molecule has 2 aromatic heterocycles. The minimum absolute atomic E-state index is 0.0438. The van der Waals surface area contributed by atoms with Crippen molar-refractivity contribution >= 4 is 177 Å². The van der Waals surface area contributed by atoms with Gasteiger partial charge in [-0.3, -0.25) is 0 Å². The summed E-state index contributed by atoms with van der Waals surface area (Å²) in [6.45, 7) is 0.0876. The lowest BCUT2D eigenvalue weighted by Gasteiger charge is -2.44. The molecule has 17 aromatic rings. The number of anilines is 12. The maximum absolute atomic E-state index is 2.50. The lowest BCUT2D eigenvalue weighted by molar-refractivity contribution is 1.25. The molecule has 454 valence electrons. The number of fused-ring (bicyclic) bond motifs is 14. The van der Waals surface area contributed by atoms with Crippen LogP contribution in [0.5, 0.6) is 0 Å². The van der Waals surface area contributed by atoms with Gasteiger partial charge in [-0.15, -0.1) is 22.7 Å². The van der Waals surface area contributed by atoms with Crippen LogP contribution in [0.4, 0.5) is 68.2 Å². The van der Waals surface area contributed by atoms with Crippen molar-refractivity contribution in [2.45, 2.75) is 0 Å². The standard InChI is InChI=1S/C90H56B2N4S2/c1-5-25-63(26-6-1)93-73-39-19-15-35-69(73)91-70-36-16-20-40-74(70)94(64-27-7-2-8-28-64)78-54-61(53-77(93)87(78)91)57-45-49-59(50-46-57)83-85-67-33-13-23-43-81(67)98-90(85)84(86-68-34-14-24-44-82(68)97-89(83)86)60-51-47-58(48-52-60)62-55-79-88-80(56-62)96(66-31-11-4-12-32-66)76-42-22-18-38-72(76)92(88)71-37-17-21-41-75(71)95(79)65-29-9-3-10-30-65/h1-56H. The first kappa shape index (κ1) is 55.4. The molecule has 4 aliphatic rings. The van der Waals surface area contributed by atoms with Gasteiger partial charge in [0.1, 0.15) is 0 Å². The molecule has 98 heavy (non-hydrogen) atoms. The number of hydrogen-bond acceptors (Lipinski definition) is 6. The Balaban J connectivity index is 0.740. The SMILES string of the molecule is c1ccc(N2c3ccccc3B3c4ccccc4N(c4ccccc4)c4cc(-c5ccc(-c6c7sc8ccccc8c7c(-c7ccc(-c8cc9c%10c(c8)N(c8ccccc8)c8ccccc8B%10c8ccccc8N9c8ccccc8)cc7)c7sc8ccccc8c67)cc5)cc2c43)cc1. The molecule has 0 N–H and O–H groups in total. The molecule has 4 nitrogen and oxygen atoms in total. The Labute approximate surface area is 577 Å². The van der Waals surface area contributed by atoms with Gasteiger partial charge in [-0.05, 0) is 175 Å². The van der Waals surface area contributed by atoms with E-state index in [-0.39, 0.29) is 13.4 Å². The van der Waals surface area contributed by atoms with Crippen molar-refractivity contribution < 1.29 is 0 Å². The minimum atomic E-state index is 0.0438. The van der Waals surface area contributed by atoms with Crippen LogP contribution >= 0.6 is 22.7 Å². The average Bonchev–Trinajstić information content (AvgIpc) is 0.863. The van der Waals surface area contributed by atoms with E-state index < -0.39 is 0 Å². The summed E-state index contributed by atoms with van der Waals surface area (Å²) >= 11 is 3.85. The molecular weight excluding hydrogens is 1220 g/mol. The monoisotopic (exact) mass is 1280 g/mol. The van der Waals surface area contributed by atoms with Gasteiger partial charge in [-0.25, -0.2) is 0 Å². The van der Waals surface area contributed by atoms with Gasteiger partial charge in [0, 0.05) is 120 Å². The minimum Gasteiger partial charge on any atom is -0.311 e. The molecule has 0 unspecified atom stereocenters. The highest BCUT2D eigenvalue weighted by molar-refractivity contribution is 7.28. The number of thiophene rings is 2. The molecule has 4 aliphatic heterocycles. The molecule has 0 radical (unpaired) electrons. The van der Waals surface area contributed by atoms with Gasteiger partial charge < -0.3 is 19.6 Å². The summed E-state index contributed by atoms with van der Waals surface area (Å²) in [5, 5.41) is 5.18. The zero-order valence-electron chi connectivity index (χ0n) is 53.1. The molecule has 6 heterocycles. The quantitative estimate of drug-likeness (QED) is 0.141. The van der Waals surface area contributed by atoms with Crippen molar-refractivity contribution in [1.82, 2.24) is 0 Å². The summed E-state index contributed by atoms with van der Waals surface area (Å²) in [6.07, 6.45) is 0. The van der Waals surface area contributed by atoms with Gasteiger partial charge in [0.25, 0.3) is 13.4 Å². The van der Waals surface area contributed by atoms with Gasteiger partial charge in [0.2, 0.25) is 0 Å². The third-order valence-electron chi connectivity index (χ3n) is 21.0. The zero-order chi connectivity index (χ0) is 64.1. The highest BCUT2D eigenvalue weighted by Crippen LogP contribution is 2.56. The third-order valence-corrected chi connectivity index (χ3v) is 23.4. The fourth-order valence-electron chi connectivity index (χ4n) is 16.9. The summed E-state index contributed by atoms with van der Waals surface area (Å²) in [4.78, 5) is 10.0. The Morgan fingerprint density at radius 2 is 0.469 bits per heavy atom. The molecule has 0 bridgehead atoms. The maximum Gasteiger partial charge on any atom is 0.252 e. The molecule has 0 saturated carbocycles. The number of hydrogen-bond donors (Lipinski definition) is 0. The van der Waals surface area contributed by atoms with Crippen molar-refractivity contribution in [2.24, 2.45) is 0 Å². The number of para-hydroxylation sites is 8. The summed E-state index contributed by atoms with van der Waals surface area (Å²) in [7, 11) is 0. The summed E-state index contributed by atoms with van der Waals surface area (Å²) in [5.74, 6) is 0. The van der Waals surface area contributed by atoms with Gasteiger partial charge in [-0.2, -0.15) is 0 Å². The largest absolute Gasteiger partial charge is 0.311 e. The fraction of sp³-hybridized carbons (Fsp3) is 0. The first-order valence-electron chi connectivity index (χ1n) is 33.8. The van der Waals surface area contributed by atoms with Gasteiger partial charge in [0.05, 0.1) is 0 Å². The van der Waals surface area contributed by atoms with Crippen LogP contribution in [0.15, 0.2) is 340 Å². The van der Waals surface area contributed by atoms with E-state index in [2.05, 4.69) is 359 Å². The number of benzene rings is 15. The Morgan fingerprint density at radius 3 is 0.776 bits per heavy atom. The normalized spacial score (nSPS) is 13.2. The predicted molar refractivity (Wildman–Crippen MR) is 422 cm³/mol. The van der Waals surface area contributed by atoms with Crippen LogP contribution < -0.4 is 52.4 Å². The maximum atomic E-state index is 2.50. The van der Waals surface area contributed by atoms with Crippen molar-refractivity contribution in [3.63, 3.8) is 0 Å². The second-order valence-corrected chi connectivity index (χ2v) is 28.3. The fourth-order valence-corrected chi connectivity index (χ4v) is 19.5. The lowest BCUT2D eigenvalue weighted by Crippen LogP contribution is -2.61. The van der Waals surface area contributed by atoms with E-state index in [1.54, 1.807) is 0 Å². The van der Waals surface area contributed by atoms with E-state index in [1.807, 2.05) is 22.7 Å². The van der Waals surface area contributed by atoms with Crippen molar-refractivity contribution in [2.75, 3.05) is 19.6 Å². The first-order chi connectivity index (χ1) is 48.7. The molecule has 8 heteroatoms. The van der Waals surface area contributed by atoms with Crippen LogP contribution in [-0.2, 0) is 0 Å². The van der Waals surface area contributed by atoms with E-state index in [4.69, 9.17) is 0 Å². The van der Waals surface area contributed by atoms with Gasteiger partial charge in [0.15, 0.2) is 0 Å². The molecule has 21 rings (SSSR count). The zero-order valence-corrected chi connectivity index (χ0v) is 54.7. The van der Waals surface area contributed by atoms with Gasteiger partial charge >= 0.3 is 0 Å². The van der Waals surface area contributed by atoms with Crippen LogP contribution in [0, 0.1) is 0 Å². The topological polar surface area (TPSA) is 13.0 Å². The molecule has 0 spiro atoms. The van der Waals surface area contributed by atoms with Crippen molar-refractivity contribution in [3.8, 4) is 44.5 Å². The van der Waals surface area contributed by atoms with Crippen LogP contribution in [0.3, 0.4) is 0 Å². The van der Waals surface area contributed by atoms with Crippen molar-refractivity contribution in [3.05, 3.63) is 340 Å². The van der Waals surface area contributed by atoms with Crippen LogP contribution in [0.2, 0.25) is 0 Å². The lowest BCUT2D eigenvalue weighted by atomic mass is 9.33. The second kappa shape index (κ2) is 21.8. The first-order valence-corrected chi connectivity index (χ1v) is 35.4. The molecular formula is C90H56B2N4S2. The molecule has 0 amide bonds. The van der Waals surface area contributed by atoms with Crippen LogP contribution in [0.1, 0.15) is 0 Å². The predicted octanol–water partition coefficient (Wildman–Crippen LogP) is 21.3. The smallest absolute Gasteiger partial charge is 0.252 e. The van der Waals surface area contributed by atoms with Crippen molar-refractivity contribution in [1.29, 1.82) is 0 Å². The van der Waals surface area contributed by atoms with E-state index in [0.717, 1.165) is 33.9 Å². The number of rotatable bonds is 8. The Kier molecular flexibility index (Phi) is 12.3. The van der Waals surface area contributed by atoms with Crippen LogP contribution in [-0.4, -0.2) is 13.4 Å². The Hall–Kier alpha value is -11.9. The molecule has 0 atom stereocenters. The third kappa shape index (κ3) is 8.19. The Bertz CT molecular complexity index is 5500. The number of nitrogens with zero attached hydrogens (tertiary/aromatic N) is 4. The van der Waals surface area contributed by atoms with E-state index in [9.17, 15) is 0 Å². The summed E-state index contributed by atoms with van der Waals surface area (Å²) in [6, 6.07) is 127. The Morgan fingerprint density at radius 1 is 0.214 bits per heavy atom. The van der Waals surface area contributed by atoms with E-state index in [1.165, 1.54) is 152 Å². The summed E-state index contributed by atoms with van der Waals surface area (Å²) in [5.41, 5.74) is 31.7. The summed E-state index contributed by atoms with van der Waals surface area (Å²) < 4.78 is 5.18. The molecule has 0 aliphatic carbocycles. The molecule has 0 fully saturated rings. The van der Waals surface area contributed by atoms with E-state index >= 15 is 0 Å².